The largest absolute Gasteiger partial charge is 0.272 e. The minimum Gasteiger partial charge on any atom is -0.272 e. The van der Waals surface area contributed by atoms with Gasteiger partial charge < -0.3 is 0 Å². The summed E-state index contributed by atoms with van der Waals surface area (Å²) >= 11 is 0. The summed E-state index contributed by atoms with van der Waals surface area (Å²) in [7, 11) is 0. The number of carbonyl (C=O) groups excluding carboxylic acids is 1. The summed E-state index contributed by atoms with van der Waals surface area (Å²) in [6.45, 7) is 10.4. The molecule has 0 aromatic heterocycles. The Morgan fingerprint density at radius 1 is 1.50 bits per heavy atom. The maximum Gasteiger partial charge on any atom is 0.249 e. The topological polar surface area (TPSA) is 29.5 Å². The fourth-order valence-electron chi connectivity index (χ4n) is 1.07. The molecule has 0 aromatic rings. The molecule has 0 atom stereocenters. The van der Waals surface area contributed by atoms with Crippen molar-refractivity contribution in [2.24, 2.45) is 0 Å². The summed E-state index contributed by atoms with van der Waals surface area (Å²) in [6, 6.07) is 0. The molecule has 0 aromatic carbocycles. The number of hydrogen-bond donors (Lipinski definition) is 0. The monoisotopic (exact) mass is 173 g/mol. The van der Waals surface area contributed by atoms with E-state index in [2.05, 4.69) is 0 Å². The number of nitrogens with zero attached hydrogens (tertiary/aromatic N) is 1. The van der Waals surface area contributed by atoms with Crippen LogP contribution in [0.15, 0.2) is 0 Å². The van der Waals surface area contributed by atoms with Crippen molar-refractivity contribution < 1.29 is 9.63 Å². The Morgan fingerprint density at radius 3 is 2.17 bits per heavy atom. The molecular weight excluding hydrogens is 154 g/mol. The zero-order valence-corrected chi connectivity index (χ0v) is 8.68. The van der Waals surface area contributed by atoms with Crippen LogP contribution in [0.3, 0.4) is 0 Å². The molecule has 1 rings (SSSR count). The number of hydroxylamine groups is 2. The summed E-state index contributed by atoms with van der Waals surface area (Å²) in [5, 5.41) is 1.42. The van der Waals surface area contributed by atoms with Crippen molar-refractivity contribution in [1.29, 1.82) is 0 Å². The van der Waals surface area contributed by atoms with Crippen molar-refractivity contribution in [3.8, 4) is 0 Å². The highest BCUT2D eigenvalue weighted by Crippen LogP contribution is 2.24. The van der Waals surface area contributed by atoms with Gasteiger partial charge in [0, 0.05) is 6.54 Å². The first-order valence-electron chi connectivity index (χ1n) is 4.54. The second kappa shape index (κ2) is 4.45. The molecule has 0 radical (unpaired) electrons. The molecular formula is C9H19NO2. The van der Waals surface area contributed by atoms with Gasteiger partial charge in [-0.15, -0.1) is 0 Å². The smallest absolute Gasteiger partial charge is 0.249 e. The Morgan fingerprint density at radius 2 is 2.00 bits per heavy atom. The van der Waals surface area contributed by atoms with Crippen LogP contribution in [0, 0.1) is 0 Å². The molecule has 0 aliphatic carbocycles. The molecule has 1 heterocycles. The van der Waals surface area contributed by atoms with Crippen LogP contribution in [-0.2, 0) is 9.63 Å². The van der Waals surface area contributed by atoms with Crippen LogP contribution in [0.4, 0.5) is 0 Å². The fraction of sp³-hybridized carbons (Fsp3) is 0.889. The summed E-state index contributed by atoms with van der Waals surface area (Å²) < 4.78 is 0. The summed E-state index contributed by atoms with van der Waals surface area (Å²) in [4.78, 5) is 16.3. The molecule has 72 valence electrons. The second-order valence-electron chi connectivity index (χ2n) is 3.12. The first kappa shape index (κ1) is 11.4. The van der Waals surface area contributed by atoms with Gasteiger partial charge in [0.05, 0.1) is 12.0 Å². The van der Waals surface area contributed by atoms with Crippen LogP contribution < -0.4 is 0 Å². The van der Waals surface area contributed by atoms with Gasteiger partial charge in [0.1, 0.15) is 0 Å². The van der Waals surface area contributed by atoms with Gasteiger partial charge in [0.25, 0.3) is 0 Å². The van der Waals surface area contributed by atoms with E-state index < -0.39 is 0 Å². The standard InChI is InChI=1S/C7H13NO2.C2H6/c1-4-8-6(9)5-7(2,3)10-8;1-2/h4-5H2,1-3H3;1-2H3. The minimum atomic E-state index is -0.285. The Balaban J connectivity index is 0.000000561. The molecule has 1 aliphatic rings. The zero-order chi connectivity index (χ0) is 9.78. The Labute approximate surface area is 74.6 Å². The Bertz CT molecular complexity index is 155. The average molecular weight is 173 g/mol. The zero-order valence-electron chi connectivity index (χ0n) is 8.68. The molecule has 12 heavy (non-hydrogen) atoms. The van der Waals surface area contributed by atoms with Crippen LogP contribution >= 0.6 is 0 Å². The van der Waals surface area contributed by atoms with Gasteiger partial charge >= 0.3 is 0 Å². The van der Waals surface area contributed by atoms with Crippen molar-refractivity contribution in [2.45, 2.75) is 46.6 Å². The van der Waals surface area contributed by atoms with E-state index in [4.69, 9.17) is 4.84 Å². The molecule has 0 saturated carbocycles. The van der Waals surface area contributed by atoms with E-state index in [-0.39, 0.29) is 11.5 Å². The molecule has 1 aliphatic heterocycles. The second-order valence-corrected chi connectivity index (χ2v) is 3.12. The van der Waals surface area contributed by atoms with Crippen molar-refractivity contribution in [3.05, 3.63) is 0 Å². The van der Waals surface area contributed by atoms with Gasteiger partial charge in [0.2, 0.25) is 5.91 Å². The Hall–Kier alpha value is -0.570. The molecule has 1 amide bonds. The van der Waals surface area contributed by atoms with E-state index in [1.807, 2.05) is 34.6 Å². The number of rotatable bonds is 1. The minimum absolute atomic E-state index is 0.0903. The highest BCUT2D eigenvalue weighted by Gasteiger charge is 2.36. The van der Waals surface area contributed by atoms with Gasteiger partial charge in [-0.05, 0) is 20.8 Å². The first-order valence-corrected chi connectivity index (χ1v) is 4.54. The van der Waals surface area contributed by atoms with Crippen molar-refractivity contribution in [1.82, 2.24) is 5.06 Å². The summed E-state index contributed by atoms with van der Waals surface area (Å²) in [5.74, 6) is 0.0903. The fourth-order valence-corrected chi connectivity index (χ4v) is 1.07. The van der Waals surface area contributed by atoms with Gasteiger partial charge in [-0.2, -0.15) is 0 Å². The number of hydrogen-bond acceptors (Lipinski definition) is 2. The molecule has 3 nitrogen and oxygen atoms in total. The third kappa shape index (κ3) is 2.81. The van der Waals surface area contributed by atoms with Gasteiger partial charge in [-0.25, -0.2) is 5.06 Å². The molecule has 1 saturated heterocycles. The van der Waals surface area contributed by atoms with E-state index in [0.717, 1.165) is 0 Å². The molecule has 0 N–H and O–H groups in total. The van der Waals surface area contributed by atoms with E-state index in [0.29, 0.717) is 13.0 Å². The van der Waals surface area contributed by atoms with Crippen molar-refractivity contribution in [3.63, 3.8) is 0 Å². The molecule has 0 unspecified atom stereocenters. The third-order valence-electron chi connectivity index (χ3n) is 1.50. The lowest BCUT2D eigenvalue weighted by Crippen LogP contribution is -2.25. The van der Waals surface area contributed by atoms with Crippen LogP contribution in [0.2, 0.25) is 0 Å². The van der Waals surface area contributed by atoms with E-state index >= 15 is 0 Å². The predicted molar refractivity (Wildman–Crippen MR) is 48.5 cm³/mol. The summed E-state index contributed by atoms with van der Waals surface area (Å²) in [6.07, 6.45) is 0.501. The van der Waals surface area contributed by atoms with Crippen LogP contribution in [0.25, 0.3) is 0 Å². The lowest BCUT2D eigenvalue weighted by atomic mass is 10.1. The first-order chi connectivity index (χ1) is 5.55. The van der Waals surface area contributed by atoms with E-state index in [1.165, 1.54) is 5.06 Å². The maximum atomic E-state index is 11.0. The van der Waals surface area contributed by atoms with E-state index in [1.54, 1.807) is 0 Å². The van der Waals surface area contributed by atoms with Crippen LogP contribution in [-0.4, -0.2) is 23.1 Å². The summed E-state index contributed by atoms with van der Waals surface area (Å²) in [5.41, 5.74) is -0.285. The molecule has 1 fully saturated rings. The lowest BCUT2D eigenvalue weighted by molar-refractivity contribution is -0.188. The SMILES string of the molecule is CC.CCN1OC(C)(C)CC1=O. The molecule has 3 heteroatoms. The predicted octanol–water partition coefficient (Wildman–Crippen LogP) is 1.98. The number of carbonyl (C=O) groups is 1. The van der Waals surface area contributed by atoms with Gasteiger partial charge in [-0.1, -0.05) is 13.8 Å². The third-order valence-corrected chi connectivity index (χ3v) is 1.50. The Kier molecular flexibility index (Phi) is 4.24. The highest BCUT2D eigenvalue weighted by atomic mass is 16.7. The normalized spacial score (nSPS) is 20.4. The van der Waals surface area contributed by atoms with Gasteiger partial charge in [-0.3, -0.25) is 9.63 Å². The maximum absolute atomic E-state index is 11.0. The van der Waals surface area contributed by atoms with Crippen LogP contribution in [0.1, 0.15) is 41.0 Å². The van der Waals surface area contributed by atoms with Crippen LogP contribution in [0.5, 0.6) is 0 Å². The van der Waals surface area contributed by atoms with Crippen molar-refractivity contribution >= 4 is 5.91 Å². The number of amides is 1. The highest BCUT2D eigenvalue weighted by molar-refractivity contribution is 5.77. The average Bonchev–Trinajstić information content (AvgIpc) is 2.28. The van der Waals surface area contributed by atoms with E-state index in [9.17, 15) is 4.79 Å². The molecule has 0 bridgehead atoms. The lowest BCUT2D eigenvalue weighted by Gasteiger charge is -2.17. The van der Waals surface area contributed by atoms with Crippen molar-refractivity contribution in [2.75, 3.05) is 6.54 Å². The molecule has 0 spiro atoms. The quantitative estimate of drug-likeness (QED) is 0.606. The van der Waals surface area contributed by atoms with Gasteiger partial charge in [0.15, 0.2) is 0 Å².